The van der Waals surface area contributed by atoms with E-state index in [9.17, 15) is 19.7 Å². The molecule has 0 aliphatic heterocycles. The van der Waals surface area contributed by atoms with Crippen LogP contribution < -0.4 is 5.32 Å². The van der Waals surface area contributed by atoms with Crippen LogP contribution in [-0.4, -0.2) is 66.1 Å². The Bertz CT molecular complexity index is 898. The number of aromatic nitrogens is 1. The molecule has 180 valence electrons. The Kier molecular flexibility index (Phi) is 11.0. The summed E-state index contributed by atoms with van der Waals surface area (Å²) in [6, 6.07) is 5.38. The number of nitro benzene ring substituents is 1. The van der Waals surface area contributed by atoms with E-state index in [2.05, 4.69) is 10.3 Å². The lowest BCUT2D eigenvalue weighted by Crippen LogP contribution is -2.32. The number of nitrogens with one attached hydrogen (secondary N) is 1. The molecule has 11 nitrogen and oxygen atoms in total. The van der Waals surface area contributed by atoms with E-state index < -0.39 is 4.92 Å². The molecule has 33 heavy (non-hydrogen) atoms. The van der Waals surface area contributed by atoms with Crippen molar-refractivity contribution >= 4 is 17.5 Å². The monoisotopic (exact) mass is 462 g/mol. The molecule has 0 aliphatic carbocycles. The van der Waals surface area contributed by atoms with Crippen molar-refractivity contribution in [1.82, 2.24) is 15.2 Å². The summed E-state index contributed by atoms with van der Waals surface area (Å²) in [4.78, 5) is 41.3. The van der Waals surface area contributed by atoms with E-state index in [0.29, 0.717) is 57.9 Å². The first kappa shape index (κ1) is 25.9. The lowest BCUT2D eigenvalue weighted by molar-refractivity contribution is -0.384. The average Bonchev–Trinajstić information content (AvgIpc) is 3.29. The van der Waals surface area contributed by atoms with Gasteiger partial charge in [-0.15, -0.1) is 0 Å². The Labute approximate surface area is 192 Å². The lowest BCUT2D eigenvalue weighted by atomic mass is 10.1. The Balaban J connectivity index is 2.03. The van der Waals surface area contributed by atoms with Crippen LogP contribution in [0, 0.1) is 10.1 Å². The second-order valence-electron chi connectivity index (χ2n) is 7.01. The summed E-state index contributed by atoms with van der Waals surface area (Å²) >= 11 is 0. The minimum absolute atomic E-state index is 0.0412. The first-order chi connectivity index (χ1) is 16.0. The number of carbonyl (C=O) groups is 2. The van der Waals surface area contributed by atoms with E-state index in [1.54, 1.807) is 0 Å². The summed E-state index contributed by atoms with van der Waals surface area (Å²) in [7, 11) is 0. The van der Waals surface area contributed by atoms with Gasteiger partial charge in [-0.3, -0.25) is 19.7 Å². The fourth-order valence-electron chi connectivity index (χ4n) is 2.92. The van der Waals surface area contributed by atoms with Gasteiger partial charge in [-0.2, -0.15) is 0 Å². The number of hydrogen-bond acceptors (Lipinski definition) is 8. The number of carbonyl (C=O) groups excluding carboxylic acids is 2. The zero-order valence-electron chi connectivity index (χ0n) is 19.0. The highest BCUT2D eigenvalue weighted by Gasteiger charge is 2.20. The highest BCUT2D eigenvalue weighted by atomic mass is 16.6. The van der Waals surface area contributed by atoms with Gasteiger partial charge in [0.15, 0.2) is 5.69 Å². The quantitative estimate of drug-likeness (QED) is 0.242. The van der Waals surface area contributed by atoms with Crippen molar-refractivity contribution < 1.29 is 28.4 Å². The second-order valence-corrected chi connectivity index (χ2v) is 7.01. The standard InChI is InChI=1S/C22H30N4O7/c1-3-31-13-5-11-23-21(27)19-16-33-20(24-19)15-25(12-6-14-32-4-2)22(28)17-7-9-18(10-8-17)26(29)30/h7-10,16H,3-6,11-15H2,1-2H3,(H,23,27). The van der Waals surface area contributed by atoms with Crippen molar-refractivity contribution in [3.05, 3.63) is 57.8 Å². The van der Waals surface area contributed by atoms with Crippen molar-refractivity contribution in [2.24, 2.45) is 0 Å². The zero-order valence-corrected chi connectivity index (χ0v) is 19.0. The number of non-ortho nitro benzene ring substituents is 1. The van der Waals surface area contributed by atoms with Crippen molar-refractivity contribution in [2.45, 2.75) is 33.2 Å². The topological polar surface area (TPSA) is 137 Å². The molecule has 0 radical (unpaired) electrons. The highest BCUT2D eigenvalue weighted by Crippen LogP contribution is 2.16. The molecule has 0 bridgehead atoms. The summed E-state index contributed by atoms with van der Waals surface area (Å²) in [6.07, 6.45) is 2.52. The van der Waals surface area contributed by atoms with Crippen LogP contribution in [0.2, 0.25) is 0 Å². The van der Waals surface area contributed by atoms with Crippen LogP contribution in [0.4, 0.5) is 5.69 Å². The van der Waals surface area contributed by atoms with Gasteiger partial charge >= 0.3 is 0 Å². The number of oxazole rings is 1. The smallest absolute Gasteiger partial charge is 0.273 e. The Hall–Kier alpha value is -3.31. The van der Waals surface area contributed by atoms with E-state index in [4.69, 9.17) is 13.9 Å². The molecule has 2 rings (SSSR count). The van der Waals surface area contributed by atoms with Gasteiger partial charge < -0.3 is 24.1 Å². The van der Waals surface area contributed by atoms with Crippen LogP contribution in [-0.2, 0) is 16.0 Å². The number of ether oxygens (including phenoxy) is 2. The number of hydrogen-bond donors (Lipinski definition) is 1. The van der Waals surface area contributed by atoms with Crippen molar-refractivity contribution in [3.8, 4) is 0 Å². The molecular weight excluding hydrogens is 432 g/mol. The van der Waals surface area contributed by atoms with Crippen LogP contribution in [0.3, 0.4) is 0 Å². The van der Waals surface area contributed by atoms with E-state index >= 15 is 0 Å². The van der Waals surface area contributed by atoms with Crippen LogP contribution >= 0.6 is 0 Å². The summed E-state index contributed by atoms with van der Waals surface area (Å²) in [5, 5.41) is 13.6. The van der Waals surface area contributed by atoms with Gasteiger partial charge in [-0.05, 0) is 38.8 Å². The third kappa shape index (κ3) is 8.62. The Morgan fingerprint density at radius 3 is 2.42 bits per heavy atom. The summed E-state index contributed by atoms with van der Waals surface area (Å²) in [5.41, 5.74) is 0.327. The van der Waals surface area contributed by atoms with Crippen molar-refractivity contribution in [3.63, 3.8) is 0 Å². The van der Waals surface area contributed by atoms with E-state index in [1.807, 2.05) is 13.8 Å². The Morgan fingerprint density at radius 2 is 1.79 bits per heavy atom. The highest BCUT2D eigenvalue weighted by molar-refractivity contribution is 5.94. The molecule has 0 fully saturated rings. The third-order valence-electron chi connectivity index (χ3n) is 4.60. The SMILES string of the molecule is CCOCCCNC(=O)c1coc(CN(CCCOCC)C(=O)c2ccc([N+](=O)[O-])cc2)n1. The van der Waals surface area contributed by atoms with Gasteiger partial charge in [0.1, 0.15) is 6.26 Å². The fraction of sp³-hybridized carbons (Fsp3) is 0.500. The number of nitrogens with zero attached hydrogens (tertiary/aromatic N) is 3. The van der Waals surface area contributed by atoms with E-state index in [0.717, 1.165) is 0 Å². The molecule has 2 amide bonds. The molecule has 1 aromatic carbocycles. The first-order valence-corrected chi connectivity index (χ1v) is 10.9. The van der Waals surface area contributed by atoms with Crippen LogP contribution in [0.15, 0.2) is 34.9 Å². The summed E-state index contributed by atoms with van der Waals surface area (Å²) in [5.74, 6) is -0.492. The maximum atomic E-state index is 13.0. The summed E-state index contributed by atoms with van der Waals surface area (Å²) in [6.45, 7) is 6.86. The van der Waals surface area contributed by atoms with Crippen LogP contribution in [0.1, 0.15) is 53.4 Å². The fourth-order valence-corrected chi connectivity index (χ4v) is 2.92. The third-order valence-corrected chi connectivity index (χ3v) is 4.60. The molecule has 2 aromatic rings. The van der Waals surface area contributed by atoms with Crippen molar-refractivity contribution in [1.29, 1.82) is 0 Å². The molecule has 0 saturated carbocycles. The van der Waals surface area contributed by atoms with Crippen LogP contribution in [0.25, 0.3) is 0 Å². The van der Waals surface area contributed by atoms with Gasteiger partial charge in [-0.1, -0.05) is 0 Å². The Morgan fingerprint density at radius 1 is 1.12 bits per heavy atom. The molecule has 1 N–H and O–H groups in total. The van der Waals surface area contributed by atoms with Crippen LogP contribution in [0.5, 0.6) is 0 Å². The average molecular weight is 463 g/mol. The van der Waals surface area contributed by atoms with Gasteiger partial charge in [0.25, 0.3) is 17.5 Å². The minimum Gasteiger partial charge on any atom is -0.446 e. The molecule has 1 aromatic heterocycles. The molecule has 0 aliphatic rings. The molecule has 0 saturated heterocycles. The minimum atomic E-state index is -0.524. The second kappa shape index (κ2) is 14.0. The molecule has 0 spiro atoms. The molecule has 11 heteroatoms. The largest absolute Gasteiger partial charge is 0.446 e. The predicted octanol–water partition coefficient (Wildman–Crippen LogP) is 2.81. The number of benzene rings is 1. The molecule has 1 heterocycles. The molecular formula is C22H30N4O7. The summed E-state index contributed by atoms with van der Waals surface area (Å²) < 4.78 is 16.0. The number of nitro groups is 1. The lowest BCUT2D eigenvalue weighted by Gasteiger charge is -2.21. The molecule has 0 atom stereocenters. The van der Waals surface area contributed by atoms with Gasteiger partial charge in [0.05, 0.1) is 11.5 Å². The number of rotatable bonds is 15. The van der Waals surface area contributed by atoms with Crippen molar-refractivity contribution in [2.75, 3.05) is 39.5 Å². The number of amides is 2. The zero-order chi connectivity index (χ0) is 24.1. The normalized spacial score (nSPS) is 10.7. The van der Waals surface area contributed by atoms with Gasteiger partial charge in [0, 0.05) is 57.2 Å². The predicted molar refractivity (Wildman–Crippen MR) is 119 cm³/mol. The maximum absolute atomic E-state index is 13.0. The van der Waals surface area contributed by atoms with Gasteiger partial charge in [0.2, 0.25) is 5.89 Å². The van der Waals surface area contributed by atoms with E-state index in [-0.39, 0.29) is 35.6 Å². The maximum Gasteiger partial charge on any atom is 0.273 e. The van der Waals surface area contributed by atoms with E-state index in [1.165, 1.54) is 35.4 Å². The van der Waals surface area contributed by atoms with Gasteiger partial charge in [-0.25, -0.2) is 4.98 Å². The molecule has 0 unspecified atom stereocenters. The first-order valence-electron chi connectivity index (χ1n) is 10.9.